The van der Waals surface area contributed by atoms with E-state index in [1.807, 2.05) is 13.0 Å². The molecule has 0 radical (unpaired) electrons. The third-order valence-corrected chi connectivity index (χ3v) is 15.6. The molecule has 370 valence electrons. The molecule has 2 aromatic carbocycles. The number of ketones is 1. The lowest BCUT2D eigenvalue weighted by atomic mass is 9.87. The van der Waals surface area contributed by atoms with Gasteiger partial charge in [0.2, 0.25) is 11.8 Å². The molecule has 0 bridgehead atoms. The van der Waals surface area contributed by atoms with Crippen LogP contribution in [-0.2, 0) is 29.1 Å². The van der Waals surface area contributed by atoms with Gasteiger partial charge in [0.15, 0.2) is 11.6 Å². The van der Waals surface area contributed by atoms with Crippen LogP contribution in [0.25, 0.3) is 17.3 Å². The highest BCUT2D eigenvalue weighted by Crippen LogP contribution is 2.41. The van der Waals surface area contributed by atoms with Crippen molar-refractivity contribution in [2.24, 2.45) is 5.92 Å². The number of piperidine rings is 2. The molecule has 0 spiro atoms. The van der Waals surface area contributed by atoms with E-state index in [4.69, 9.17) is 5.10 Å². The molecular weight excluding hydrogens is 908 g/mol. The minimum absolute atomic E-state index is 0.0198. The second-order valence-electron chi connectivity index (χ2n) is 20.1. The van der Waals surface area contributed by atoms with Crippen LogP contribution in [0.4, 0.5) is 24.5 Å². The summed E-state index contributed by atoms with van der Waals surface area (Å²) in [6, 6.07) is 12.9. The van der Waals surface area contributed by atoms with Gasteiger partial charge in [-0.3, -0.25) is 48.5 Å². The van der Waals surface area contributed by atoms with Crippen LogP contribution in [0.2, 0.25) is 0 Å². The van der Waals surface area contributed by atoms with E-state index in [1.165, 1.54) is 29.0 Å². The summed E-state index contributed by atoms with van der Waals surface area (Å²) in [6.07, 6.45) is 11.8. The van der Waals surface area contributed by atoms with Crippen molar-refractivity contribution in [2.75, 3.05) is 43.9 Å². The smallest absolute Gasteiger partial charge is 0.257 e. The van der Waals surface area contributed by atoms with Crippen LogP contribution in [0.3, 0.4) is 0 Å². The molecule has 5 aromatic rings. The first-order valence-corrected chi connectivity index (χ1v) is 25.0. The van der Waals surface area contributed by atoms with Crippen molar-refractivity contribution in [1.82, 2.24) is 34.4 Å². The van der Waals surface area contributed by atoms with Crippen molar-refractivity contribution in [3.63, 3.8) is 0 Å². The van der Waals surface area contributed by atoms with Crippen LogP contribution in [-0.4, -0.2) is 92.0 Å². The van der Waals surface area contributed by atoms with Crippen molar-refractivity contribution < 1.29 is 27.6 Å². The number of amides is 2. The average molecular weight is 968 g/mol. The largest absolute Gasteiger partial charge is 0.386 e. The number of benzene rings is 2. The Morgan fingerprint density at radius 1 is 0.930 bits per heavy atom. The van der Waals surface area contributed by atoms with Gasteiger partial charge in [-0.1, -0.05) is 19.1 Å². The van der Waals surface area contributed by atoms with Gasteiger partial charge in [-0.25, -0.2) is 13.2 Å². The van der Waals surface area contributed by atoms with Crippen LogP contribution >= 0.6 is 0 Å². The molecule has 3 N–H and O–H groups in total. The molecule has 5 aliphatic rings. The van der Waals surface area contributed by atoms with Crippen molar-refractivity contribution in [2.45, 2.75) is 109 Å². The zero-order valence-electron chi connectivity index (χ0n) is 40.7. The number of likely N-dealkylation sites (tertiary alicyclic amines) is 1. The number of rotatable bonds is 13. The van der Waals surface area contributed by atoms with E-state index in [9.17, 15) is 23.6 Å². The zero-order valence-corrected chi connectivity index (χ0v) is 40.7. The standard InChI is InChI=1S/C55H60F3N9O4/c1-31-21-37(24-45(57)53(31)36-13-18-65(19-14-36)33(3)42-27-43-49(9-15-60-54(43)32(42)2)66-30-46(58)48(59-4)28-52(66)70)50(68)23-34-10-20-67-40(22-34)25-39(63-67)29-64-16-11-35(12-17-64)41-6-5-38(26-44(41)56)61-47-7-8-51(69)62-55(47)71/h5-6,9,13,15,21,24-28,30,32-35,47,59,61H,7-8,10-12,14,16-20,22-23,29H2,1-4H3,(H,62,69,71)/t32?,33-,34+,47+/m0/s1. The Morgan fingerprint density at radius 2 is 1.75 bits per heavy atom. The van der Waals surface area contributed by atoms with E-state index in [0.717, 1.165) is 78.1 Å². The summed E-state index contributed by atoms with van der Waals surface area (Å²) in [5.41, 5.74) is 9.07. The molecule has 71 heavy (non-hydrogen) atoms. The fraction of sp³-hybridized carbons (Fsp3) is 0.418. The van der Waals surface area contributed by atoms with E-state index < -0.39 is 17.8 Å². The van der Waals surface area contributed by atoms with Gasteiger partial charge in [0.25, 0.3) is 5.56 Å². The SMILES string of the molecule is CNc1cc(=O)n(-c2ccnc3c2C=C([C@H](C)N2CC=C(c4c(C)cc(C(=O)C[C@@H]5CCn6nc(CN7CCC(c8ccc(N[C@@H]9CCC(=O)NC9=O)cc8F)CC7)cc6C5)cc4F)CC2)C3C)cc1F. The first-order chi connectivity index (χ1) is 34.2. The highest BCUT2D eigenvalue weighted by Gasteiger charge is 2.34. The van der Waals surface area contributed by atoms with Crippen molar-refractivity contribution in [3.05, 3.63) is 145 Å². The van der Waals surface area contributed by atoms with Crippen LogP contribution in [0.5, 0.6) is 0 Å². The van der Waals surface area contributed by atoms with Gasteiger partial charge in [-0.15, -0.1) is 0 Å². The Kier molecular flexibility index (Phi) is 13.4. The summed E-state index contributed by atoms with van der Waals surface area (Å²) < 4.78 is 49.6. The Bertz CT molecular complexity index is 3040. The summed E-state index contributed by atoms with van der Waals surface area (Å²) in [5.74, 6) is -1.75. The minimum Gasteiger partial charge on any atom is -0.386 e. The molecular formula is C55H60F3N9O4. The number of Topliss-reactive ketones (excluding diaryl/α,β-unsaturated/α-hetero) is 1. The molecule has 13 nitrogen and oxygen atoms in total. The number of aromatic nitrogens is 4. The number of nitrogens with zero attached hydrogens (tertiary/aromatic N) is 6. The molecule has 4 atom stereocenters. The van der Waals surface area contributed by atoms with Crippen LogP contribution < -0.4 is 21.5 Å². The highest BCUT2D eigenvalue weighted by molar-refractivity contribution is 6.01. The predicted molar refractivity (Wildman–Crippen MR) is 267 cm³/mol. The number of hydrogen-bond acceptors (Lipinski definition) is 10. The van der Waals surface area contributed by atoms with E-state index in [0.29, 0.717) is 73.5 Å². The molecule has 2 fully saturated rings. The number of hydrogen-bond donors (Lipinski definition) is 3. The number of anilines is 2. The normalized spacial score (nSPS) is 21.3. The lowest BCUT2D eigenvalue weighted by Gasteiger charge is -2.34. The number of carbonyl (C=O) groups excluding carboxylic acids is 3. The number of halogens is 3. The van der Waals surface area contributed by atoms with E-state index in [2.05, 4.69) is 67.5 Å². The maximum absolute atomic E-state index is 16.1. The second-order valence-corrected chi connectivity index (χ2v) is 20.1. The number of imide groups is 1. The third kappa shape index (κ3) is 9.75. The van der Waals surface area contributed by atoms with Crippen LogP contribution in [0.1, 0.15) is 120 Å². The predicted octanol–water partition coefficient (Wildman–Crippen LogP) is 8.31. The number of nitrogens with one attached hydrogen (secondary N) is 3. The fourth-order valence-electron chi connectivity index (χ4n) is 11.6. The average Bonchev–Trinajstić information content (AvgIpc) is 3.92. The first-order valence-electron chi connectivity index (χ1n) is 25.0. The lowest BCUT2D eigenvalue weighted by molar-refractivity contribution is -0.133. The van der Waals surface area contributed by atoms with E-state index in [1.54, 1.807) is 31.4 Å². The highest BCUT2D eigenvalue weighted by atomic mass is 19.1. The molecule has 1 aliphatic carbocycles. The first kappa shape index (κ1) is 48.0. The number of fused-ring (bicyclic) bond motifs is 2. The molecule has 10 rings (SSSR count). The second kappa shape index (κ2) is 19.9. The minimum atomic E-state index is -0.568. The number of aryl methyl sites for hydroxylation is 2. The lowest BCUT2D eigenvalue weighted by Crippen LogP contribution is -2.47. The summed E-state index contributed by atoms with van der Waals surface area (Å²) in [6.45, 7) is 10.5. The molecule has 7 heterocycles. The summed E-state index contributed by atoms with van der Waals surface area (Å²) in [7, 11) is 1.57. The molecule has 4 aliphatic heterocycles. The summed E-state index contributed by atoms with van der Waals surface area (Å²) in [5, 5.41) is 13.0. The van der Waals surface area contributed by atoms with E-state index >= 15 is 8.78 Å². The van der Waals surface area contributed by atoms with Crippen LogP contribution in [0.15, 0.2) is 77.4 Å². The Hall–Kier alpha value is -6.65. The number of carbonyl (C=O) groups is 3. The maximum atomic E-state index is 16.1. The molecule has 16 heteroatoms. The van der Waals surface area contributed by atoms with Gasteiger partial charge in [0, 0.05) is 98.4 Å². The Morgan fingerprint density at radius 3 is 2.48 bits per heavy atom. The monoisotopic (exact) mass is 967 g/mol. The molecule has 2 saturated heterocycles. The van der Waals surface area contributed by atoms with Gasteiger partial charge in [0.05, 0.1) is 29.0 Å². The van der Waals surface area contributed by atoms with E-state index in [-0.39, 0.29) is 64.8 Å². The van der Waals surface area contributed by atoms with Gasteiger partial charge >= 0.3 is 0 Å². The summed E-state index contributed by atoms with van der Waals surface area (Å²) in [4.78, 5) is 59.8. The van der Waals surface area contributed by atoms with Gasteiger partial charge in [0.1, 0.15) is 17.7 Å². The van der Waals surface area contributed by atoms with Crippen molar-refractivity contribution >= 4 is 40.6 Å². The zero-order chi connectivity index (χ0) is 49.7. The third-order valence-electron chi connectivity index (χ3n) is 15.6. The molecule has 3 aromatic heterocycles. The Balaban J connectivity index is 0.718. The Labute approximate surface area is 411 Å². The number of pyridine rings is 2. The van der Waals surface area contributed by atoms with Gasteiger partial charge in [-0.2, -0.15) is 5.10 Å². The van der Waals surface area contributed by atoms with Gasteiger partial charge in [-0.05, 0) is 142 Å². The summed E-state index contributed by atoms with van der Waals surface area (Å²) >= 11 is 0. The van der Waals surface area contributed by atoms with Gasteiger partial charge < -0.3 is 10.6 Å². The van der Waals surface area contributed by atoms with Crippen LogP contribution in [0, 0.1) is 30.3 Å². The topological polar surface area (TPSA) is 146 Å². The van der Waals surface area contributed by atoms with Crippen molar-refractivity contribution in [3.8, 4) is 5.69 Å². The molecule has 2 amide bonds. The fourth-order valence-corrected chi connectivity index (χ4v) is 11.6. The van der Waals surface area contributed by atoms with Crippen molar-refractivity contribution in [1.29, 1.82) is 0 Å². The molecule has 0 saturated carbocycles. The quantitative estimate of drug-likeness (QED) is 0.0779. The maximum Gasteiger partial charge on any atom is 0.257 e. The molecule has 1 unspecified atom stereocenters.